The standard InChI is InChI=1S/C16H29F2N3O2/c1-20-6-8-21(9-7-20)10-14-15(22)13(11-23-14)19-12-2-4-16(17,18)5-3-12/h12-15,19,22H,2-11H2,1H3/t13-,14-,15+/m0/s1. The molecule has 3 fully saturated rings. The Balaban J connectivity index is 1.43. The molecule has 7 heteroatoms. The third kappa shape index (κ3) is 4.60. The molecule has 0 spiro atoms. The highest BCUT2D eigenvalue weighted by molar-refractivity contribution is 4.94. The summed E-state index contributed by atoms with van der Waals surface area (Å²) in [5.41, 5.74) is 0. The summed E-state index contributed by atoms with van der Waals surface area (Å²) in [7, 11) is 2.12. The van der Waals surface area contributed by atoms with Gasteiger partial charge < -0.3 is 20.1 Å². The van der Waals surface area contributed by atoms with Gasteiger partial charge in [-0.1, -0.05) is 0 Å². The number of nitrogens with one attached hydrogen (secondary N) is 1. The lowest BCUT2D eigenvalue weighted by molar-refractivity contribution is -0.0422. The van der Waals surface area contributed by atoms with Crippen molar-refractivity contribution in [1.82, 2.24) is 15.1 Å². The first-order valence-corrected chi connectivity index (χ1v) is 8.77. The Bertz CT molecular complexity index is 382. The summed E-state index contributed by atoms with van der Waals surface area (Å²) in [6, 6.07) is -0.0653. The summed E-state index contributed by atoms with van der Waals surface area (Å²) < 4.78 is 32.2. The molecular weight excluding hydrogens is 304 g/mol. The van der Waals surface area contributed by atoms with Crippen LogP contribution in [0.1, 0.15) is 25.7 Å². The molecule has 2 heterocycles. The van der Waals surface area contributed by atoms with E-state index in [1.165, 1.54) is 0 Å². The number of rotatable bonds is 4. The highest BCUT2D eigenvalue weighted by atomic mass is 19.3. The monoisotopic (exact) mass is 333 g/mol. The maximum absolute atomic E-state index is 13.2. The third-order valence-electron chi connectivity index (χ3n) is 5.48. The van der Waals surface area contributed by atoms with E-state index in [0.29, 0.717) is 19.4 Å². The Morgan fingerprint density at radius 3 is 2.48 bits per heavy atom. The van der Waals surface area contributed by atoms with Gasteiger partial charge >= 0.3 is 0 Å². The lowest BCUT2D eigenvalue weighted by Crippen LogP contribution is -2.51. The van der Waals surface area contributed by atoms with Crippen LogP contribution in [0.25, 0.3) is 0 Å². The molecule has 3 rings (SSSR count). The topological polar surface area (TPSA) is 48.0 Å². The molecule has 0 aromatic carbocycles. The van der Waals surface area contributed by atoms with E-state index in [9.17, 15) is 13.9 Å². The van der Waals surface area contributed by atoms with E-state index in [4.69, 9.17) is 4.74 Å². The molecule has 0 radical (unpaired) electrons. The van der Waals surface area contributed by atoms with Gasteiger partial charge in [0.15, 0.2) is 0 Å². The quantitative estimate of drug-likeness (QED) is 0.786. The van der Waals surface area contributed by atoms with Crippen molar-refractivity contribution in [1.29, 1.82) is 0 Å². The fourth-order valence-electron chi connectivity index (χ4n) is 3.79. The zero-order valence-corrected chi connectivity index (χ0v) is 13.9. The minimum atomic E-state index is -2.51. The molecule has 2 N–H and O–H groups in total. The second kappa shape index (κ2) is 7.27. The van der Waals surface area contributed by atoms with Crippen LogP contribution in [0.2, 0.25) is 0 Å². The van der Waals surface area contributed by atoms with Crippen LogP contribution >= 0.6 is 0 Å². The molecular formula is C16H29F2N3O2. The van der Waals surface area contributed by atoms with Gasteiger partial charge in [0, 0.05) is 51.6 Å². The zero-order chi connectivity index (χ0) is 16.4. The molecule has 3 atom stereocenters. The minimum Gasteiger partial charge on any atom is -0.389 e. The fraction of sp³-hybridized carbons (Fsp3) is 1.00. The highest BCUT2D eigenvalue weighted by Gasteiger charge is 2.40. The van der Waals surface area contributed by atoms with E-state index in [1.54, 1.807) is 0 Å². The van der Waals surface area contributed by atoms with Gasteiger partial charge in [0.2, 0.25) is 5.92 Å². The van der Waals surface area contributed by atoms with Gasteiger partial charge in [0.25, 0.3) is 0 Å². The highest BCUT2D eigenvalue weighted by Crippen LogP contribution is 2.33. The van der Waals surface area contributed by atoms with Crippen molar-refractivity contribution in [2.24, 2.45) is 0 Å². The van der Waals surface area contributed by atoms with Crippen molar-refractivity contribution in [3.8, 4) is 0 Å². The Morgan fingerprint density at radius 2 is 1.83 bits per heavy atom. The Labute approximate surface area is 137 Å². The van der Waals surface area contributed by atoms with Crippen LogP contribution in [0, 0.1) is 0 Å². The molecule has 1 saturated carbocycles. The number of piperazine rings is 1. The average Bonchev–Trinajstić information content (AvgIpc) is 2.85. The molecule has 2 saturated heterocycles. The minimum absolute atomic E-state index is 0.0565. The maximum Gasteiger partial charge on any atom is 0.248 e. The summed E-state index contributed by atoms with van der Waals surface area (Å²) in [6.07, 6.45) is 0.0922. The summed E-state index contributed by atoms with van der Waals surface area (Å²) in [5.74, 6) is -2.51. The van der Waals surface area contributed by atoms with Gasteiger partial charge in [-0.15, -0.1) is 0 Å². The molecule has 1 aliphatic carbocycles. The van der Waals surface area contributed by atoms with Gasteiger partial charge in [0.1, 0.15) is 0 Å². The van der Waals surface area contributed by atoms with Crippen LogP contribution in [-0.2, 0) is 4.74 Å². The molecule has 0 bridgehead atoms. The summed E-state index contributed by atoms with van der Waals surface area (Å²) in [5, 5.41) is 13.8. The van der Waals surface area contributed by atoms with Crippen LogP contribution in [0.15, 0.2) is 0 Å². The van der Waals surface area contributed by atoms with E-state index >= 15 is 0 Å². The SMILES string of the molecule is CN1CCN(C[C@@H]2OC[C@H](NC3CCC(F)(F)CC3)[C@H]2O)CC1. The van der Waals surface area contributed by atoms with Gasteiger partial charge in [-0.05, 0) is 19.9 Å². The number of hydrogen-bond donors (Lipinski definition) is 2. The smallest absolute Gasteiger partial charge is 0.248 e. The Hall–Kier alpha value is -0.340. The predicted octanol–water partition coefficient (Wildman–Crippen LogP) is 0.530. The van der Waals surface area contributed by atoms with Gasteiger partial charge in [0.05, 0.1) is 24.9 Å². The van der Waals surface area contributed by atoms with Gasteiger partial charge in [-0.2, -0.15) is 0 Å². The van der Waals surface area contributed by atoms with E-state index in [1.807, 2.05) is 0 Å². The lowest BCUT2D eigenvalue weighted by Gasteiger charge is -2.34. The lowest BCUT2D eigenvalue weighted by atomic mass is 9.91. The van der Waals surface area contributed by atoms with Crippen LogP contribution in [0.5, 0.6) is 0 Å². The average molecular weight is 333 g/mol. The molecule has 0 aromatic heterocycles. The molecule has 2 aliphatic heterocycles. The zero-order valence-electron chi connectivity index (χ0n) is 13.9. The number of aliphatic hydroxyl groups is 1. The Morgan fingerprint density at radius 1 is 1.17 bits per heavy atom. The molecule has 23 heavy (non-hydrogen) atoms. The molecule has 134 valence electrons. The molecule has 3 aliphatic rings. The van der Waals surface area contributed by atoms with Gasteiger partial charge in [-0.25, -0.2) is 8.78 Å². The normalized spacial score (nSPS) is 37.3. The number of alkyl halides is 2. The van der Waals surface area contributed by atoms with Crippen molar-refractivity contribution >= 4 is 0 Å². The van der Waals surface area contributed by atoms with Crippen molar-refractivity contribution in [3.63, 3.8) is 0 Å². The summed E-state index contributed by atoms with van der Waals surface area (Å²) in [6.45, 7) is 5.29. The molecule has 0 unspecified atom stereocenters. The van der Waals surface area contributed by atoms with E-state index in [2.05, 4.69) is 22.2 Å². The van der Waals surface area contributed by atoms with E-state index < -0.39 is 12.0 Å². The van der Waals surface area contributed by atoms with Crippen molar-refractivity contribution in [2.75, 3.05) is 46.4 Å². The van der Waals surface area contributed by atoms with Crippen LogP contribution in [0.4, 0.5) is 8.78 Å². The number of aliphatic hydroxyl groups excluding tert-OH is 1. The first-order chi connectivity index (χ1) is 10.9. The molecule has 5 nitrogen and oxygen atoms in total. The fourth-order valence-corrected chi connectivity index (χ4v) is 3.79. The second-order valence-electron chi connectivity index (χ2n) is 7.37. The first kappa shape index (κ1) is 17.5. The number of hydrogen-bond acceptors (Lipinski definition) is 5. The largest absolute Gasteiger partial charge is 0.389 e. The van der Waals surface area contributed by atoms with Crippen molar-refractivity contribution in [2.45, 2.75) is 55.9 Å². The number of ether oxygens (including phenoxy) is 1. The van der Waals surface area contributed by atoms with Crippen molar-refractivity contribution < 1.29 is 18.6 Å². The van der Waals surface area contributed by atoms with Crippen LogP contribution in [0.3, 0.4) is 0 Å². The molecule has 0 amide bonds. The second-order valence-corrected chi connectivity index (χ2v) is 7.37. The van der Waals surface area contributed by atoms with E-state index in [0.717, 1.165) is 32.7 Å². The molecule has 0 aromatic rings. The first-order valence-electron chi connectivity index (χ1n) is 8.77. The van der Waals surface area contributed by atoms with E-state index in [-0.39, 0.29) is 31.0 Å². The predicted molar refractivity (Wildman–Crippen MR) is 83.8 cm³/mol. The maximum atomic E-state index is 13.2. The van der Waals surface area contributed by atoms with Crippen LogP contribution < -0.4 is 5.32 Å². The number of nitrogens with zero attached hydrogens (tertiary/aromatic N) is 2. The third-order valence-corrected chi connectivity index (χ3v) is 5.48. The van der Waals surface area contributed by atoms with Crippen LogP contribution in [-0.4, -0.2) is 91.5 Å². The van der Waals surface area contributed by atoms with Crippen molar-refractivity contribution in [3.05, 3.63) is 0 Å². The summed E-state index contributed by atoms with van der Waals surface area (Å²) >= 11 is 0. The van der Waals surface area contributed by atoms with Gasteiger partial charge in [-0.3, -0.25) is 4.90 Å². The Kier molecular flexibility index (Phi) is 5.53. The number of likely N-dealkylation sites (N-methyl/N-ethyl adjacent to an activating group) is 1. The number of halogens is 2. The summed E-state index contributed by atoms with van der Waals surface area (Å²) in [4.78, 5) is 4.63.